The summed E-state index contributed by atoms with van der Waals surface area (Å²) in [5, 5.41) is 3.49. The number of halogens is 3. The van der Waals surface area contributed by atoms with Gasteiger partial charge < -0.3 is 10.1 Å². The van der Waals surface area contributed by atoms with Crippen molar-refractivity contribution in [3.8, 4) is 5.75 Å². The maximum Gasteiger partial charge on any atom is 0.145 e. The molecule has 1 aliphatic rings. The number of nitrogens with one attached hydrogen (secondary N) is 1. The summed E-state index contributed by atoms with van der Waals surface area (Å²) in [6.45, 7) is 1.51. The Morgan fingerprint density at radius 1 is 1.47 bits per heavy atom. The van der Waals surface area contributed by atoms with Crippen molar-refractivity contribution >= 4 is 27.5 Å². The van der Waals surface area contributed by atoms with E-state index in [2.05, 4.69) is 21.2 Å². The first-order valence-corrected chi connectivity index (χ1v) is 6.84. The normalized spacial score (nSPS) is 15.0. The highest BCUT2D eigenvalue weighted by atomic mass is 79.9. The second kappa shape index (κ2) is 6.03. The first-order chi connectivity index (χ1) is 8.16. The second-order valence-electron chi connectivity index (χ2n) is 4.13. The Bertz CT molecular complexity index is 398. The molecule has 0 bridgehead atoms. The van der Waals surface area contributed by atoms with Crippen LogP contribution in [0.2, 0.25) is 5.02 Å². The molecular weight excluding hydrogens is 308 g/mol. The third-order valence-corrected chi connectivity index (χ3v) is 3.47. The van der Waals surface area contributed by atoms with Crippen LogP contribution in [0, 0.1) is 5.82 Å². The van der Waals surface area contributed by atoms with E-state index in [1.165, 1.54) is 25.0 Å². The summed E-state index contributed by atoms with van der Waals surface area (Å²) in [5.74, 6) is 0.0410. The molecule has 1 aromatic carbocycles. The largest absolute Gasteiger partial charge is 0.492 e. The fraction of sp³-hybridized carbons (Fsp3) is 0.500. The van der Waals surface area contributed by atoms with Crippen LogP contribution in [0.3, 0.4) is 0 Å². The van der Waals surface area contributed by atoms with Crippen LogP contribution in [-0.2, 0) is 0 Å². The Hall–Kier alpha value is -0.320. The molecule has 0 unspecified atom stereocenters. The highest BCUT2D eigenvalue weighted by Crippen LogP contribution is 2.30. The van der Waals surface area contributed by atoms with Crippen molar-refractivity contribution in [2.75, 3.05) is 13.2 Å². The number of benzene rings is 1. The molecule has 0 aromatic heterocycles. The molecule has 0 atom stereocenters. The molecule has 5 heteroatoms. The monoisotopic (exact) mass is 321 g/mol. The summed E-state index contributed by atoms with van der Waals surface area (Å²) in [5.41, 5.74) is 0. The summed E-state index contributed by atoms with van der Waals surface area (Å²) in [4.78, 5) is 0. The first-order valence-electron chi connectivity index (χ1n) is 5.67. The van der Waals surface area contributed by atoms with E-state index >= 15 is 0 Å². The van der Waals surface area contributed by atoms with Crippen molar-refractivity contribution in [1.29, 1.82) is 0 Å². The van der Waals surface area contributed by atoms with Gasteiger partial charge in [-0.3, -0.25) is 0 Å². The van der Waals surface area contributed by atoms with Crippen LogP contribution >= 0.6 is 27.5 Å². The van der Waals surface area contributed by atoms with E-state index in [0.29, 0.717) is 16.8 Å². The molecule has 1 saturated carbocycles. The van der Waals surface area contributed by atoms with Gasteiger partial charge in [-0.25, -0.2) is 4.39 Å². The van der Waals surface area contributed by atoms with Gasteiger partial charge in [0.2, 0.25) is 0 Å². The van der Waals surface area contributed by atoms with Crippen LogP contribution in [0.15, 0.2) is 16.6 Å². The zero-order valence-corrected chi connectivity index (χ0v) is 11.7. The predicted molar refractivity (Wildman–Crippen MR) is 70.2 cm³/mol. The molecule has 0 heterocycles. The lowest BCUT2D eigenvalue weighted by atomic mass is 10.3. The van der Waals surface area contributed by atoms with E-state index in [-0.39, 0.29) is 5.02 Å². The van der Waals surface area contributed by atoms with E-state index in [1.54, 1.807) is 0 Å². The van der Waals surface area contributed by atoms with E-state index in [1.807, 2.05) is 0 Å². The minimum absolute atomic E-state index is 0.0969. The summed E-state index contributed by atoms with van der Waals surface area (Å²) in [7, 11) is 0. The van der Waals surface area contributed by atoms with Gasteiger partial charge in [-0.1, -0.05) is 11.6 Å². The number of ether oxygens (including phenoxy) is 1. The Labute approximate surface area is 114 Å². The molecule has 94 valence electrons. The van der Waals surface area contributed by atoms with Gasteiger partial charge in [0.1, 0.15) is 11.6 Å². The SMILES string of the molecule is Fc1cc(OCCCNC2CC2)c(Br)cc1Cl. The molecule has 1 aromatic rings. The number of hydrogen-bond acceptors (Lipinski definition) is 2. The average Bonchev–Trinajstić information content (AvgIpc) is 3.08. The first kappa shape index (κ1) is 13.1. The highest BCUT2D eigenvalue weighted by Gasteiger charge is 2.19. The van der Waals surface area contributed by atoms with Crippen molar-refractivity contribution in [1.82, 2.24) is 5.32 Å². The molecule has 0 amide bonds. The molecule has 1 N–H and O–H groups in total. The fourth-order valence-electron chi connectivity index (χ4n) is 1.46. The maximum absolute atomic E-state index is 13.2. The lowest BCUT2D eigenvalue weighted by Crippen LogP contribution is -2.19. The lowest BCUT2D eigenvalue weighted by molar-refractivity contribution is 0.304. The minimum Gasteiger partial charge on any atom is -0.492 e. The zero-order chi connectivity index (χ0) is 12.3. The van der Waals surface area contributed by atoms with Crippen LogP contribution in [0.1, 0.15) is 19.3 Å². The van der Waals surface area contributed by atoms with Crippen LogP contribution < -0.4 is 10.1 Å². The minimum atomic E-state index is -0.457. The van der Waals surface area contributed by atoms with Gasteiger partial charge in [0, 0.05) is 12.1 Å². The topological polar surface area (TPSA) is 21.3 Å². The lowest BCUT2D eigenvalue weighted by Gasteiger charge is -2.09. The smallest absolute Gasteiger partial charge is 0.145 e. The molecule has 2 rings (SSSR count). The molecule has 0 radical (unpaired) electrons. The highest BCUT2D eigenvalue weighted by molar-refractivity contribution is 9.10. The Morgan fingerprint density at radius 2 is 2.24 bits per heavy atom. The molecule has 0 spiro atoms. The van der Waals surface area contributed by atoms with E-state index in [9.17, 15) is 4.39 Å². The molecular formula is C12H14BrClFNO. The van der Waals surface area contributed by atoms with Crippen molar-refractivity contribution in [3.63, 3.8) is 0 Å². The second-order valence-corrected chi connectivity index (χ2v) is 5.39. The summed E-state index contributed by atoms with van der Waals surface area (Å²) < 4.78 is 19.4. The Morgan fingerprint density at radius 3 is 2.94 bits per heavy atom. The predicted octanol–water partition coefficient (Wildman–Crippen LogP) is 3.76. The van der Waals surface area contributed by atoms with E-state index in [0.717, 1.165) is 19.0 Å². The standard InChI is InChI=1S/C12H14BrClFNO/c13-9-6-10(14)11(15)7-12(9)17-5-1-4-16-8-2-3-8/h6-8,16H,1-5H2. The molecule has 0 aliphatic heterocycles. The molecule has 2 nitrogen and oxygen atoms in total. The molecule has 17 heavy (non-hydrogen) atoms. The molecule has 1 fully saturated rings. The van der Waals surface area contributed by atoms with Crippen molar-refractivity contribution < 1.29 is 9.13 Å². The third kappa shape index (κ3) is 4.12. The van der Waals surface area contributed by atoms with Crippen LogP contribution in [0.25, 0.3) is 0 Å². The number of hydrogen-bond donors (Lipinski definition) is 1. The third-order valence-electron chi connectivity index (χ3n) is 2.56. The molecule has 1 aliphatic carbocycles. The van der Waals surface area contributed by atoms with Gasteiger partial charge in [0.05, 0.1) is 16.1 Å². The summed E-state index contributed by atoms with van der Waals surface area (Å²) in [6.07, 6.45) is 3.48. The average molecular weight is 323 g/mol. The van der Waals surface area contributed by atoms with Crippen LogP contribution in [0.5, 0.6) is 5.75 Å². The van der Waals surface area contributed by atoms with E-state index in [4.69, 9.17) is 16.3 Å². The van der Waals surface area contributed by atoms with Gasteiger partial charge >= 0.3 is 0 Å². The summed E-state index contributed by atoms with van der Waals surface area (Å²) >= 11 is 8.93. The van der Waals surface area contributed by atoms with Crippen molar-refractivity contribution in [2.45, 2.75) is 25.3 Å². The van der Waals surface area contributed by atoms with Crippen LogP contribution in [-0.4, -0.2) is 19.2 Å². The van der Waals surface area contributed by atoms with Gasteiger partial charge in [-0.2, -0.15) is 0 Å². The van der Waals surface area contributed by atoms with Crippen molar-refractivity contribution in [3.05, 3.63) is 27.4 Å². The van der Waals surface area contributed by atoms with E-state index < -0.39 is 5.82 Å². The Kier molecular flexibility index (Phi) is 4.65. The van der Waals surface area contributed by atoms with Crippen LogP contribution in [0.4, 0.5) is 4.39 Å². The molecule has 0 saturated heterocycles. The van der Waals surface area contributed by atoms with Gasteiger partial charge in [-0.05, 0) is 47.8 Å². The zero-order valence-electron chi connectivity index (χ0n) is 9.31. The quantitative estimate of drug-likeness (QED) is 0.636. The van der Waals surface area contributed by atoms with Gasteiger partial charge in [-0.15, -0.1) is 0 Å². The summed E-state index contributed by atoms with van der Waals surface area (Å²) in [6, 6.07) is 3.53. The maximum atomic E-state index is 13.2. The van der Waals surface area contributed by atoms with Crippen molar-refractivity contribution in [2.24, 2.45) is 0 Å². The fourth-order valence-corrected chi connectivity index (χ4v) is 2.22. The number of rotatable bonds is 6. The van der Waals surface area contributed by atoms with Gasteiger partial charge in [0.25, 0.3) is 0 Å². The van der Waals surface area contributed by atoms with Gasteiger partial charge in [0.15, 0.2) is 0 Å². The Balaban J connectivity index is 1.75.